The van der Waals surface area contributed by atoms with Crippen LogP contribution in [0.2, 0.25) is 0 Å². The van der Waals surface area contributed by atoms with Crippen molar-refractivity contribution in [2.24, 2.45) is 11.8 Å². The van der Waals surface area contributed by atoms with Crippen LogP contribution >= 0.6 is 0 Å². The Morgan fingerprint density at radius 2 is 2.22 bits per heavy atom. The molecule has 1 atom stereocenters. The quantitative estimate of drug-likeness (QED) is 0.505. The molecule has 1 aliphatic rings. The molecule has 0 aromatic carbocycles. The highest BCUT2D eigenvalue weighted by Crippen LogP contribution is 2.28. The molecule has 1 fully saturated rings. The monoisotopic (exact) mass is 125 g/mol. The molecule has 0 N–H and O–H groups in total. The van der Waals surface area contributed by atoms with E-state index in [9.17, 15) is 0 Å². The lowest BCUT2D eigenvalue weighted by Crippen LogP contribution is -2.12. The Hall–Kier alpha value is 0. The predicted octanol–water partition coefficient (Wildman–Crippen LogP) is 3.04. The maximum atomic E-state index is 2.45. The topological polar surface area (TPSA) is 0 Å². The summed E-state index contributed by atoms with van der Waals surface area (Å²) in [6, 6.07) is 0. The van der Waals surface area contributed by atoms with Crippen LogP contribution in [0.1, 0.15) is 39.5 Å². The summed E-state index contributed by atoms with van der Waals surface area (Å²) in [5.41, 5.74) is 0. The van der Waals surface area contributed by atoms with Crippen LogP contribution in [0.15, 0.2) is 0 Å². The van der Waals surface area contributed by atoms with E-state index in [0.29, 0.717) is 0 Å². The van der Waals surface area contributed by atoms with Crippen LogP contribution < -0.4 is 0 Å². The molecule has 0 bridgehead atoms. The molecule has 1 radical (unpaired) electrons. The highest BCUT2D eigenvalue weighted by atomic mass is 14.2. The molecular formula is C9H17. The standard InChI is InChI=1S/C9H17/c1-8(2)9-6-4-3-5-7-9/h4,8-9H,3,5-7H2,1-2H3. The molecule has 9 heavy (non-hydrogen) atoms. The summed E-state index contributed by atoms with van der Waals surface area (Å²) >= 11 is 0. The Morgan fingerprint density at radius 3 is 2.56 bits per heavy atom. The SMILES string of the molecule is CC(C)C1C[CH]CCC1. The molecule has 1 aliphatic carbocycles. The smallest absolute Gasteiger partial charge is 0.0383 e. The summed E-state index contributed by atoms with van der Waals surface area (Å²) in [6.45, 7) is 4.67. The lowest BCUT2D eigenvalue weighted by atomic mass is 9.82. The fourth-order valence-corrected chi connectivity index (χ4v) is 1.58. The van der Waals surface area contributed by atoms with Gasteiger partial charge in [0.25, 0.3) is 0 Å². The van der Waals surface area contributed by atoms with E-state index in [2.05, 4.69) is 20.3 Å². The van der Waals surface area contributed by atoms with Crippen LogP contribution in [0.5, 0.6) is 0 Å². The van der Waals surface area contributed by atoms with E-state index in [-0.39, 0.29) is 0 Å². The molecule has 0 aromatic rings. The second-order valence-corrected chi connectivity index (χ2v) is 3.46. The Kier molecular flexibility index (Phi) is 2.56. The number of rotatable bonds is 1. The Morgan fingerprint density at radius 1 is 1.44 bits per heavy atom. The van der Waals surface area contributed by atoms with E-state index >= 15 is 0 Å². The van der Waals surface area contributed by atoms with Gasteiger partial charge in [0.1, 0.15) is 0 Å². The third kappa shape index (κ3) is 2.00. The fourth-order valence-electron chi connectivity index (χ4n) is 1.58. The van der Waals surface area contributed by atoms with Crippen molar-refractivity contribution < 1.29 is 0 Å². The van der Waals surface area contributed by atoms with Gasteiger partial charge in [-0.1, -0.05) is 33.1 Å². The van der Waals surface area contributed by atoms with Gasteiger partial charge in [-0.2, -0.15) is 0 Å². The molecule has 0 amide bonds. The first-order valence-electron chi connectivity index (χ1n) is 4.12. The first kappa shape index (κ1) is 7.11. The number of hydrogen-bond acceptors (Lipinski definition) is 0. The van der Waals surface area contributed by atoms with Gasteiger partial charge < -0.3 is 0 Å². The van der Waals surface area contributed by atoms with Gasteiger partial charge in [-0.05, 0) is 24.7 Å². The summed E-state index contributed by atoms with van der Waals surface area (Å²) in [4.78, 5) is 0. The van der Waals surface area contributed by atoms with Gasteiger partial charge in [0.05, 0.1) is 0 Å². The van der Waals surface area contributed by atoms with Crippen molar-refractivity contribution in [3.63, 3.8) is 0 Å². The van der Waals surface area contributed by atoms with Crippen molar-refractivity contribution >= 4 is 0 Å². The first-order valence-corrected chi connectivity index (χ1v) is 4.12. The second kappa shape index (κ2) is 3.24. The van der Waals surface area contributed by atoms with Crippen LogP contribution in [-0.4, -0.2) is 0 Å². The first-order chi connectivity index (χ1) is 4.30. The Bertz CT molecular complexity index is 68.1. The molecule has 0 heterocycles. The molecule has 53 valence electrons. The van der Waals surface area contributed by atoms with Gasteiger partial charge in [0.15, 0.2) is 0 Å². The van der Waals surface area contributed by atoms with Crippen molar-refractivity contribution in [2.75, 3.05) is 0 Å². The van der Waals surface area contributed by atoms with Crippen molar-refractivity contribution in [1.29, 1.82) is 0 Å². The highest BCUT2D eigenvalue weighted by Gasteiger charge is 2.15. The van der Waals surface area contributed by atoms with E-state index < -0.39 is 0 Å². The van der Waals surface area contributed by atoms with Crippen LogP contribution in [0.4, 0.5) is 0 Å². The zero-order valence-corrected chi connectivity index (χ0v) is 6.56. The van der Waals surface area contributed by atoms with Gasteiger partial charge in [-0.15, -0.1) is 0 Å². The molecule has 0 aromatic heterocycles. The van der Waals surface area contributed by atoms with Gasteiger partial charge in [-0.3, -0.25) is 0 Å². The normalized spacial score (nSPS) is 23.0. The zero-order valence-electron chi connectivity index (χ0n) is 6.56. The van der Waals surface area contributed by atoms with Gasteiger partial charge in [-0.25, -0.2) is 0 Å². The molecule has 1 unspecified atom stereocenters. The summed E-state index contributed by atoms with van der Waals surface area (Å²) in [7, 11) is 0. The second-order valence-electron chi connectivity index (χ2n) is 3.46. The third-order valence-electron chi connectivity index (χ3n) is 2.40. The van der Waals surface area contributed by atoms with Crippen molar-refractivity contribution in [3.05, 3.63) is 6.42 Å². The molecule has 1 rings (SSSR count). The molecule has 1 saturated carbocycles. The Labute approximate surface area is 58.7 Å². The zero-order chi connectivity index (χ0) is 6.69. The number of hydrogen-bond donors (Lipinski definition) is 0. The van der Waals surface area contributed by atoms with Crippen LogP contribution in [0, 0.1) is 18.3 Å². The minimum Gasteiger partial charge on any atom is -0.0625 e. The van der Waals surface area contributed by atoms with Gasteiger partial charge in [0, 0.05) is 0 Å². The van der Waals surface area contributed by atoms with Crippen LogP contribution in [-0.2, 0) is 0 Å². The summed E-state index contributed by atoms with van der Waals surface area (Å²) in [5.74, 6) is 1.90. The van der Waals surface area contributed by atoms with E-state index in [1.165, 1.54) is 25.7 Å². The lowest BCUT2D eigenvalue weighted by molar-refractivity contribution is 0.316. The van der Waals surface area contributed by atoms with Crippen molar-refractivity contribution in [2.45, 2.75) is 39.5 Å². The van der Waals surface area contributed by atoms with Crippen molar-refractivity contribution in [1.82, 2.24) is 0 Å². The minimum atomic E-state index is 0.904. The third-order valence-corrected chi connectivity index (χ3v) is 2.40. The maximum absolute atomic E-state index is 2.45. The molecule has 0 spiro atoms. The average Bonchev–Trinajstić information content (AvgIpc) is 1.90. The van der Waals surface area contributed by atoms with E-state index in [4.69, 9.17) is 0 Å². The van der Waals surface area contributed by atoms with E-state index in [1.54, 1.807) is 0 Å². The summed E-state index contributed by atoms with van der Waals surface area (Å²) in [5, 5.41) is 0. The minimum absolute atomic E-state index is 0.904. The van der Waals surface area contributed by atoms with Crippen LogP contribution in [0.25, 0.3) is 0 Å². The summed E-state index contributed by atoms with van der Waals surface area (Å²) < 4.78 is 0. The molecular weight excluding hydrogens is 108 g/mol. The average molecular weight is 125 g/mol. The lowest BCUT2D eigenvalue weighted by Gasteiger charge is -2.24. The van der Waals surface area contributed by atoms with Crippen LogP contribution in [0.3, 0.4) is 0 Å². The van der Waals surface area contributed by atoms with Crippen molar-refractivity contribution in [3.8, 4) is 0 Å². The van der Waals surface area contributed by atoms with E-state index in [1.807, 2.05) is 0 Å². The molecule has 0 saturated heterocycles. The molecule has 0 aliphatic heterocycles. The predicted molar refractivity (Wildman–Crippen MR) is 41.1 cm³/mol. The molecule has 0 nitrogen and oxygen atoms in total. The van der Waals surface area contributed by atoms with E-state index in [0.717, 1.165) is 11.8 Å². The highest BCUT2D eigenvalue weighted by molar-refractivity contribution is 4.78. The Balaban J connectivity index is 2.23. The molecule has 0 heteroatoms. The van der Waals surface area contributed by atoms with Gasteiger partial charge in [0.2, 0.25) is 0 Å². The summed E-state index contributed by atoms with van der Waals surface area (Å²) in [6.07, 6.45) is 8.09. The fraction of sp³-hybridized carbons (Fsp3) is 0.889. The maximum Gasteiger partial charge on any atom is -0.0383 e. The largest absolute Gasteiger partial charge is 0.0625 e. The van der Waals surface area contributed by atoms with Gasteiger partial charge >= 0.3 is 0 Å².